The number of hydrogen-bond donors (Lipinski definition) is 0. The molecule has 0 atom stereocenters. The van der Waals surface area contributed by atoms with E-state index in [1.807, 2.05) is 38.1 Å². The maximum absolute atomic E-state index is 12.2. The van der Waals surface area contributed by atoms with Crippen molar-refractivity contribution >= 4 is 16.8 Å². The zero-order valence-electron chi connectivity index (χ0n) is 11.9. The Labute approximate surface area is 127 Å². The molecule has 0 radical (unpaired) electrons. The fourth-order valence-corrected chi connectivity index (χ4v) is 2.33. The van der Waals surface area contributed by atoms with Crippen molar-refractivity contribution in [3.05, 3.63) is 52.3 Å². The van der Waals surface area contributed by atoms with E-state index in [0.717, 1.165) is 17.0 Å². The minimum Gasteiger partial charge on any atom is -0.494 e. The van der Waals surface area contributed by atoms with E-state index in [9.17, 15) is 9.59 Å². The number of halogens is 1. The smallest absolute Gasteiger partial charge is 0.263 e. The van der Waals surface area contributed by atoms with Gasteiger partial charge in [0.2, 0.25) is 0 Å². The van der Waals surface area contributed by atoms with Crippen LogP contribution in [0.25, 0.3) is 11.3 Å². The van der Waals surface area contributed by atoms with Crippen LogP contribution in [0.1, 0.15) is 24.2 Å². The Morgan fingerprint density at radius 2 is 1.81 bits per heavy atom. The van der Waals surface area contributed by atoms with Gasteiger partial charge in [-0.05, 0) is 67.4 Å². The highest BCUT2D eigenvalue weighted by atomic mass is 35.5. The van der Waals surface area contributed by atoms with Gasteiger partial charge in [0.1, 0.15) is 5.75 Å². The number of hydrogen-bond acceptors (Lipinski definition) is 3. The molecule has 1 aromatic heterocycles. The second-order valence-corrected chi connectivity index (χ2v) is 4.76. The zero-order chi connectivity index (χ0) is 15.4. The molecule has 1 aromatic carbocycles. The van der Waals surface area contributed by atoms with E-state index in [1.165, 1.54) is 10.6 Å². The van der Waals surface area contributed by atoms with Gasteiger partial charge in [-0.1, -0.05) is 0 Å². The van der Waals surface area contributed by atoms with Gasteiger partial charge in [-0.25, -0.2) is 0 Å². The topological polar surface area (TPSA) is 48.3 Å². The monoisotopic (exact) mass is 305 g/mol. The first kappa shape index (κ1) is 15.3. The average Bonchev–Trinajstić information content (AvgIpc) is 2.47. The average molecular weight is 306 g/mol. The third-order valence-electron chi connectivity index (χ3n) is 3.16. The largest absolute Gasteiger partial charge is 0.494 e. The molecule has 2 aromatic rings. The highest BCUT2D eigenvalue weighted by Gasteiger charge is 2.13. The maximum Gasteiger partial charge on any atom is 0.263 e. The van der Waals surface area contributed by atoms with Crippen LogP contribution in [0, 0.1) is 0 Å². The molecule has 0 fully saturated rings. The lowest BCUT2D eigenvalue weighted by Gasteiger charge is -2.12. The lowest BCUT2D eigenvalue weighted by atomic mass is 10.1. The van der Waals surface area contributed by atoms with Crippen molar-refractivity contribution in [2.24, 2.45) is 0 Å². The third kappa shape index (κ3) is 3.16. The molecule has 0 amide bonds. The SMILES string of the molecule is CCOc1ccc(-c2ccc(C(=O)Cl)c(=O)n2CC)cc1. The van der Waals surface area contributed by atoms with Gasteiger partial charge in [-0.3, -0.25) is 9.59 Å². The highest BCUT2D eigenvalue weighted by Crippen LogP contribution is 2.22. The van der Waals surface area contributed by atoms with E-state index < -0.39 is 5.24 Å². The summed E-state index contributed by atoms with van der Waals surface area (Å²) in [6.45, 7) is 4.83. The van der Waals surface area contributed by atoms with Crippen LogP contribution >= 0.6 is 11.6 Å². The maximum atomic E-state index is 12.2. The predicted molar refractivity (Wildman–Crippen MR) is 83.2 cm³/mol. The molecule has 0 saturated heterocycles. The summed E-state index contributed by atoms with van der Waals surface area (Å²) in [5.41, 5.74) is 1.25. The van der Waals surface area contributed by atoms with E-state index in [1.54, 1.807) is 6.07 Å². The van der Waals surface area contributed by atoms with Crippen LogP contribution in [0.15, 0.2) is 41.2 Å². The summed E-state index contributed by atoms with van der Waals surface area (Å²) in [6, 6.07) is 10.7. The van der Waals surface area contributed by atoms with Crippen molar-refractivity contribution < 1.29 is 9.53 Å². The number of benzene rings is 1. The normalized spacial score (nSPS) is 10.4. The molecule has 1 heterocycles. The lowest BCUT2D eigenvalue weighted by Crippen LogP contribution is -2.25. The Morgan fingerprint density at radius 3 is 2.33 bits per heavy atom. The first-order valence-corrected chi connectivity index (χ1v) is 7.13. The van der Waals surface area contributed by atoms with Gasteiger partial charge in [-0.2, -0.15) is 0 Å². The molecule has 5 heteroatoms. The summed E-state index contributed by atoms with van der Waals surface area (Å²) in [5, 5.41) is -0.736. The molecule has 4 nitrogen and oxygen atoms in total. The summed E-state index contributed by atoms with van der Waals surface area (Å²) >= 11 is 5.42. The van der Waals surface area contributed by atoms with Crippen LogP contribution in [-0.4, -0.2) is 16.4 Å². The molecular weight excluding hydrogens is 290 g/mol. The Balaban J connectivity index is 2.51. The number of nitrogens with zero attached hydrogens (tertiary/aromatic N) is 1. The van der Waals surface area contributed by atoms with E-state index >= 15 is 0 Å². The molecule has 110 valence electrons. The molecule has 0 aliphatic heterocycles. The predicted octanol–water partition coefficient (Wildman–Crippen LogP) is 3.31. The Bertz CT molecular complexity index is 704. The first-order valence-electron chi connectivity index (χ1n) is 6.75. The molecule has 0 spiro atoms. The molecular formula is C16H16ClNO3. The molecule has 0 unspecified atom stereocenters. The summed E-state index contributed by atoms with van der Waals surface area (Å²) in [6.07, 6.45) is 0. The van der Waals surface area contributed by atoms with Crippen LogP contribution in [0.5, 0.6) is 5.75 Å². The van der Waals surface area contributed by atoms with E-state index in [2.05, 4.69) is 0 Å². The molecule has 0 aliphatic rings. The van der Waals surface area contributed by atoms with Crippen LogP contribution in [-0.2, 0) is 6.54 Å². The molecule has 0 saturated carbocycles. The number of aromatic nitrogens is 1. The second-order valence-electron chi connectivity index (χ2n) is 4.41. The van der Waals surface area contributed by atoms with Gasteiger partial charge in [0.25, 0.3) is 10.8 Å². The number of rotatable bonds is 5. The van der Waals surface area contributed by atoms with Gasteiger partial charge in [0, 0.05) is 6.54 Å². The summed E-state index contributed by atoms with van der Waals surface area (Å²) in [7, 11) is 0. The number of ether oxygens (including phenoxy) is 1. The molecule has 0 aliphatic carbocycles. The van der Waals surface area contributed by atoms with Crippen molar-refractivity contribution in [3.8, 4) is 17.0 Å². The van der Waals surface area contributed by atoms with E-state index in [4.69, 9.17) is 16.3 Å². The minimum atomic E-state index is -0.736. The van der Waals surface area contributed by atoms with Gasteiger partial charge in [0.15, 0.2) is 0 Å². The van der Waals surface area contributed by atoms with Crippen LogP contribution in [0.3, 0.4) is 0 Å². The quantitative estimate of drug-likeness (QED) is 0.796. The number of carbonyl (C=O) groups is 1. The summed E-state index contributed by atoms with van der Waals surface area (Å²) in [4.78, 5) is 23.5. The van der Waals surface area contributed by atoms with Crippen LogP contribution in [0.2, 0.25) is 0 Å². The highest BCUT2D eigenvalue weighted by molar-refractivity contribution is 6.67. The summed E-state index contributed by atoms with van der Waals surface area (Å²) in [5.74, 6) is 0.777. The molecule has 2 rings (SSSR count). The lowest BCUT2D eigenvalue weighted by molar-refractivity contribution is 0.107. The van der Waals surface area contributed by atoms with Crippen molar-refractivity contribution in [1.29, 1.82) is 0 Å². The molecule has 0 N–H and O–H groups in total. The minimum absolute atomic E-state index is 0.00629. The van der Waals surface area contributed by atoms with E-state index in [-0.39, 0.29) is 11.1 Å². The van der Waals surface area contributed by atoms with Crippen molar-refractivity contribution in [2.75, 3.05) is 6.61 Å². The van der Waals surface area contributed by atoms with Crippen molar-refractivity contribution in [3.63, 3.8) is 0 Å². The molecule has 21 heavy (non-hydrogen) atoms. The molecule has 0 bridgehead atoms. The fraction of sp³-hybridized carbons (Fsp3) is 0.250. The van der Waals surface area contributed by atoms with Gasteiger partial charge < -0.3 is 9.30 Å². The van der Waals surface area contributed by atoms with Gasteiger partial charge >= 0.3 is 0 Å². The van der Waals surface area contributed by atoms with E-state index in [0.29, 0.717) is 13.2 Å². The standard InChI is InChI=1S/C16H16ClNO3/c1-3-18-14(10-9-13(15(17)19)16(18)20)11-5-7-12(8-6-11)21-4-2/h5-10H,3-4H2,1-2H3. The Kier molecular flexibility index (Phi) is 4.81. The third-order valence-corrected chi connectivity index (χ3v) is 3.37. The number of pyridine rings is 1. The first-order chi connectivity index (χ1) is 10.1. The second kappa shape index (κ2) is 6.59. The summed E-state index contributed by atoms with van der Waals surface area (Å²) < 4.78 is 6.93. The van der Waals surface area contributed by atoms with Gasteiger partial charge in [-0.15, -0.1) is 0 Å². The van der Waals surface area contributed by atoms with Crippen LogP contribution in [0.4, 0.5) is 0 Å². The van der Waals surface area contributed by atoms with Gasteiger partial charge in [0.05, 0.1) is 17.9 Å². The Morgan fingerprint density at radius 1 is 1.14 bits per heavy atom. The van der Waals surface area contributed by atoms with Crippen molar-refractivity contribution in [2.45, 2.75) is 20.4 Å². The van der Waals surface area contributed by atoms with Crippen LogP contribution < -0.4 is 10.3 Å². The van der Waals surface area contributed by atoms with Crippen molar-refractivity contribution in [1.82, 2.24) is 4.57 Å². The number of carbonyl (C=O) groups excluding carboxylic acids is 1. The fourth-order valence-electron chi connectivity index (χ4n) is 2.18. The zero-order valence-corrected chi connectivity index (χ0v) is 12.7. The Hall–Kier alpha value is -2.07.